The lowest BCUT2D eigenvalue weighted by Crippen LogP contribution is -2.31. The van der Waals surface area contributed by atoms with Crippen LogP contribution in [0, 0.1) is 5.92 Å². The van der Waals surface area contributed by atoms with E-state index < -0.39 is 24.1 Å². The van der Waals surface area contributed by atoms with E-state index in [-0.39, 0.29) is 57.0 Å². The third-order valence-electron chi connectivity index (χ3n) is 12.8. The van der Waals surface area contributed by atoms with Gasteiger partial charge in [-0.1, -0.05) is 163 Å². The lowest BCUT2D eigenvalue weighted by molar-refractivity contribution is -0.150. The number of nitrogens with one attached hydrogen (secondary N) is 1. The number of amides is 1. The highest BCUT2D eigenvalue weighted by atomic mass is 16.7. The maximum atomic E-state index is 12.8. The van der Waals surface area contributed by atoms with Gasteiger partial charge in [0.2, 0.25) is 0 Å². The molecule has 69 heavy (non-hydrogen) atoms. The second kappa shape index (κ2) is 49.9. The molecule has 1 amide bonds. The first-order chi connectivity index (χ1) is 33.6. The molecule has 13 nitrogen and oxygen atoms in total. The number of carbonyl (C=O) groups is 5. The lowest BCUT2D eigenvalue weighted by Gasteiger charge is -2.18. The van der Waals surface area contributed by atoms with Crippen molar-refractivity contribution in [3.05, 3.63) is 0 Å². The fourth-order valence-corrected chi connectivity index (χ4v) is 8.26. The maximum Gasteiger partial charge on any atom is 0.508 e. The zero-order chi connectivity index (χ0) is 50.8. The van der Waals surface area contributed by atoms with E-state index in [4.69, 9.17) is 28.4 Å². The van der Waals surface area contributed by atoms with Gasteiger partial charge in [0.25, 0.3) is 0 Å². The molecule has 2 unspecified atom stereocenters. The van der Waals surface area contributed by atoms with E-state index in [1.165, 1.54) is 103 Å². The van der Waals surface area contributed by atoms with Crippen LogP contribution in [-0.2, 0) is 42.8 Å². The van der Waals surface area contributed by atoms with Crippen LogP contribution in [0.4, 0.5) is 9.59 Å². The summed E-state index contributed by atoms with van der Waals surface area (Å²) in [5.74, 6) is -1.28. The molecule has 0 saturated heterocycles. The minimum absolute atomic E-state index is 0.0388. The molecule has 2 atom stereocenters. The summed E-state index contributed by atoms with van der Waals surface area (Å²) < 4.78 is 33.1. The topological polar surface area (TPSA) is 156 Å². The quantitative estimate of drug-likeness (QED) is 0.0350. The van der Waals surface area contributed by atoms with Gasteiger partial charge in [-0.25, -0.2) is 9.59 Å². The molecule has 0 fully saturated rings. The molecular weight excluding hydrogens is 877 g/mol. The largest absolute Gasteiger partial charge is 0.508 e. The van der Waals surface area contributed by atoms with Crippen LogP contribution in [0.2, 0.25) is 0 Å². The van der Waals surface area contributed by atoms with E-state index in [0.29, 0.717) is 45.1 Å². The number of hydrogen-bond acceptors (Lipinski definition) is 12. The van der Waals surface area contributed by atoms with E-state index >= 15 is 0 Å². The van der Waals surface area contributed by atoms with Gasteiger partial charge in [-0.15, -0.1) is 0 Å². The first-order valence-corrected chi connectivity index (χ1v) is 28.5. The van der Waals surface area contributed by atoms with Crippen LogP contribution in [0.25, 0.3) is 0 Å². The Morgan fingerprint density at radius 3 is 1.42 bits per heavy atom. The first-order valence-electron chi connectivity index (χ1n) is 28.5. The van der Waals surface area contributed by atoms with Crippen LogP contribution in [-0.4, -0.2) is 99.9 Å². The molecule has 0 radical (unpaired) electrons. The van der Waals surface area contributed by atoms with Crippen molar-refractivity contribution < 1.29 is 52.4 Å². The molecule has 0 aromatic carbocycles. The Morgan fingerprint density at radius 2 is 0.870 bits per heavy atom. The molecule has 0 aliphatic carbocycles. The van der Waals surface area contributed by atoms with Crippen molar-refractivity contribution in [2.24, 2.45) is 5.92 Å². The predicted molar refractivity (Wildman–Crippen MR) is 278 cm³/mol. The van der Waals surface area contributed by atoms with Crippen LogP contribution in [0.15, 0.2) is 0 Å². The van der Waals surface area contributed by atoms with E-state index in [1.807, 2.05) is 6.92 Å². The molecule has 0 aromatic heterocycles. The molecule has 406 valence electrons. The minimum atomic E-state index is -0.825. The van der Waals surface area contributed by atoms with E-state index in [1.54, 1.807) is 0 Å². The summed E-state index contributed by atoms with van der Waals surface area (Å²) in [6, 6.07) is 0. The van der Waals surface area contributed by atoms with Crippen molar-refractivity contribution in [3.8, 4) is 0 Å². The number of unbranched alkanes of at least 4 members (excludes halogenated alkanes) is 22. The van der Waals surface area contributed by atoms with Gasteiger partial charge in [-0.05, 0) is 90.6 Å². The van der Waals surface area contributed by atoms with Crippen molar-refractivity contribution in [2.45, 2.75) is 272 Å². The van der Waals surface area contributed by atoms with Gasteiger partial charge in [0.1, 0.15) is 25.9 Å². The summed E-state index contributed by atoms with van der Waals surface area (Å²) in [4.78, 5) is 64.9. The van der Waals surface area contributed by atoms with E-state index in [9.17, 15) is 24.0 Å². The molecule has 13 heteroatoms. The van der Waals surface area contributed by atoms with Crippen LogP contribution in [0.3, 0.4) is 0 Å². The van der Waals surface area contributed by atoms with Crippen LogP contribution < -0.4 is 5.32 Å². The molecule has 0 rings (SSSR count). The number of alkyl carbamates (subject to hydrolysis) is 1. The first kappa shape index (κ1) is 65.9. The molecule has 0 spiro atoms. The highest BCUT2D eigenvalue weighted by molar-refractivity contribution is 5.70. The number of hydrogen-bond donors (Lipinski definition) is 1. The Hall–Kier alpha value is -3.09. The Kier molecular flexibility index (Phi) is 47.6. The third-order valence-corrected chi connectivity index (χ3v) is 12.8. The summed E-state index contributed by atoms with van der Waals surface area (Å²) in [5.41, 5.74) is 0. The maximum absolute atomic E-state index is 12.8. The van der Waals surface area contributed by atoms with Gasteiger partial charge < -0.3 is 38.6 Å². The van der Waals surface area contributed by atoms with E-state index in [0.717, 1.165) is 90.3 Å². The molecular formula is C56H106N2O11. The van der Waals surface area contributed by atoms with Gasteiger partial charge in [0.05, 0.1) is 18.6 Å². The van der Waals surface area contributed by atoms with Crippen molar-refractivity contribution >= 4 is 30.2 Å². The van der Waals surface area contributed by atoms with Crippen LogP contribution in [0.1, 0.15) is 260 Å². The average molecular weight is 983 g/mol. The summed E-state index contributed by atoms with van der Waals surface area (Å²) in [6.07, 6.45) is 32.6. The van der Waals surface area contributed by atoms with Crippen molar-refractivity contribution in [1.29, 1.82) is 0 Å². The zero-order valence-electron chi connectivity index (χ0n) is 45.4. The molecule has 0 saturated carbocycles. The Balaban J connectivity index is 4.62. The summed E-state index contributed by atoms with van der Waals surface area (Å²) in [6.45, 7) is 15.7. The lowest BCUT2D eigenvalue weighted by atomic mass is 10.0. The summed E-state index contributed by atoms with van der Waals surface area (Å²) in [5, 5.41) is 2.78. The number of ether oxygens (including phenoxy) is 6. The van der Waals surface area contributed by atoms with Crippen LogP contribution >= 0.6 is 0 Å². The normalized spacial score (nSPS) is 12.2. The smallest absolute Gasteiger partial charge is 0.465 e. The highest BCUT2D eigenvalue weighted by Gasteiger charge is 2.19. The number of esters is 3. The molecule has 0 heterocycles. The number of carbonyl (C=O) groups excluding carboxylic acids is 5. The van der Waals surface area contributed by atoms with Gasteiger partial charge in [-0.2, -0.15) is 0 Å². The van der Waals surface area contributed by atoms with Crippen molar-refractivity contribution in [2.75, 3.05) is 52.6 Å². The molecule has 1 N–H and O–H groups in total. The second-order valence-electron chi connectivity index (χ2n) is 19.4. The highest BCUT2D eigenvalue weighted by Crippen LogP contribution is 2.19. The second-order valence-corrected chi connectivity index (χ2v) is 19.4. The third kappa shape index (κ3) is 45.8. The number of nitrogens with zero attached hydrogens (tertiary/aromatic N) is 1. The SMILES string of the molecule is CCCCCCCCCC(C)OC(=O)CCCCCC(=O)OCC(COC(=O)NCCCCCCCC(=O)OC(CCCCCCCC)CCCCCCCC)COC(=O)OCCCN(CC)CC. The predicted octanol–water partition coefficient (Wildman–Crippen LogP) is 14.5. The minimum Gasteiger partial charge on any atom is -0.465 e. The molecule has 0 aliphatic heterocycles. The standard InChI is InChI=1S/C56H106N2O11/c1-7-12-15-18-21-23-29-37-49(6)68-53(60)41-34-28-33-40-52(59)65-46-50(48-67-56(63)64-45-36-44-58(10-4)11-5)47-66-55(62)57-43-35-27-22-26-32-42-54(61)69-51(38-30-24-19-16-13-8-2)39-31-25-20-17-14-9-3/h49-51H,7-48H2,1-6H3,(H,57,62). The summed E-state index contributed by atoms with van der Waals surface area (Å²) in [7, 11) is 0. The van der Waals surface area contributed by atoms with Gasteiger partial charge in [0, 0.05) is 32.4 Å². The Bertz CT molecular complexity index is 1200. The van der Waals surface area contributed by atoms with Gasteiger partial charge >= 0.3 is 30.2 Å². The molecule has 0 bridgehead atoms. The molecule has 0 aromatic rings. The van der Waals surface area contributed by atoms with Crippen molar-refractivity contribution in [1.82, 2.24) is 10.2 Å². The Morgan fingerprint density at radius 1 is 0.435 bits per heavy atom. The zero-order valence-corrected chi connectivity index (χ0v) is 45.4. The average Bonchev–Trinajstić information content (AvgIpc) is 3.33. The van der Waals surface area contributed by atoms with Crippen molar-refractivity contribution in [3.63, 3.8) is 0 Å². The van der Waals surface area contributed by atoms with E-state index in [2.05, 4.69) is 44.8 Å². The van der Waals surface area contributed by atoms with Gasteiger partial charge in [0.15, 0.2) is 0 Å². The number of rotatable bonds is 50. The molecule has 0 aliphatic rings. The fourth-order valence-electron chi connectivity index (χ4n) is 8.26. The van der Waals surface area contributed by atoms with Crippen LogP contribution in [0.5, 0.6) is 0 Å². The van der Waals surface area contributed by atoms with Gasteiger partial charge in [-0.3, -0.25) is 14.4 Å². The monoisotopic (exact) mass is 983 g/mol. The Labute approximate surface area is 422 Å². The fraction of sp³-hybridized carbons (Fsp3) is 0.911. The summed E-state index contributed by atoms with van der Waals surface area (Å²) >= 11 is 0.